The smallest absolute Gasteiger partial charge is 0.253 e. The van der Waals surface area contributed by atoms with E-state index in [-0.39, 0.29) is 17.7 Å². The number of carbonyl (C=O) groups is 2. The minimum absolute atomic E-state index is 0.00509. The van der Waals surface area contributed by atoms with E-state index in [1.807, 2.05) is 34.5 Å². The quantitative estimate of drug-likeness (QED) is 0.868. The van der Waals surface area contributed by atoms with E-state index in [9.17, 15) is 9.59 Å². The summed E-state index contributed by atoms with van der Waals surface area (Å²) in [6.45, 7) is 1.20. The molecule has 0 unspecified atom stereocenters. The lowest BCUT2D eigenvalue weighted by Crippen LogP contribution is -2.41. The maximum Gasteiger partial charge on any atom is 0.253 e. The van der Waals surface area contributed by atoms with Crippen LogP contribution in [0.15, 0.2) is 40.3 Å². The van der Waals surface area contributed by atoms with Gasteiger partial charge in [0.05, 0.1) is 0 Å². The van der Waals surface area contributed by atoms with Gasteiger partial charge in [0.1, 0.15) is 0 Å². The largest absolute Gasteiger partial charge is 0.339 e. The molecule has 7 heteroatoms. The Morgan fingerprint density at radius 3 is 2.74 bits per heavy atom. The molecule has 1 aliphatic rings. The second kappa shape index (κ2) is 7.23. The molecule has 0 radical (unpaired) electrons. The van der Waals surface area contributed by atoms with E-state index in [4.69, 9.17) is 0 Å². The standard InChI is InChI=1S/C16H16BrN3O2S/c17-13-3-1-2-12(10-13)15(22)20-7-4-11(5-8-20)14(21)19-16-18-6-9-23-16/h1-3,6,9-11H,4-5,7-8H2,(H,18,19,21). The molecule has 3 rings (SSSR count). The van der Waals surface area contributed by atoms with E-state index in [2.05, 4.69) is 26.2 Å². The fourth-order valence-electron chi connectivity index (χ4n) is 2.64. The van der Waals surface area contributed by atoms with Gasteiger partial charge in [0.15, 0.2) is 5.13 Å². The number of thiazole rings is 1. The maximum atomic E-state index is 12.5. The summed E-state index contributed by atoms with van der Waals surface area (Å²) in [7, 11) is 0. The average molecular weight is 394 g/mol. The van der Waals surface area contributed by atoms with E-state index >= 15 is 0 Å². The molecule has 5 nitrogen and oxygen atoms in total. The molecule has 0 spiro atoms. The van der Waals surface area contributed by atoms with Gasteiger partial charge in [-0.2, -0.15) is 0 Å². The Bertz CT molecular complexity index is 697. The lowest BCUT2D eigenvalue weighted by molar-refractivity contribution is -0.121. The van der Waals surface area contributed by atoms with Crippen LogP contribution in [0.3, 0.4) is 0 Å². The van der Waals surface area contributed by atoms with Crippen molar-refractivity contribution in [3.63, 3.8) is 0 Å². The molecule has 120 valence electrons. The predicted molar refractivity (Wildman–Crippen MR) is 93.5 cm³/mol. The molecule has 1 aliphatic heterocycles. The van der Waals surface area contributed by atoms with Gasteiger partial charge in [-0.1, -0.05) is 22.0 Å². The summed E-state index contributed by atoms with van der Waals surface area (Å²) in [6, 6.07) is 7.38. The van der Waals surface area contributed by atoms with Gasteiger partial charge in [-0.3, -0.25) is 9.59 Å². The van der Waals surface area contributed by atoms with Crippen molar-refractivity contribution in [3.8, 4) is 0 Å². The molecule has 1 fully saturated rings. The van der Waals surface area contributed by atoms with Crippen molar-refractivity contribution in [1.82, 2.24) is 9.88 Å². The summed E-state index contributed by atoms with van der Waals surface area (Å²) in [4.78, 5) is 30.6. The first-order valence-electron chi connectivity index (χ1n) is 7.38. The molecule has 0 saturated carbocycles. The zero-order valence-corrected chi connectivity index (χ0v) is 14.8. The molecule has 2 aromatic rings. The molecule has 2 heterocycles. The topological polar surface area (TPSA) is 62.3 Å². The van der Waals surface area contributed by atoms with Gasteiger partial charge in [-0.05, 0) is 31.0 Å². The number of benzene rings is 1. The van der Waals surface area contributed by atoms with Gasteiger partial charge in [-0.25, -0.2) is 4.98 Å². The highest BCUT2D eigenvalue weighted by molar-refractivity contribution is 9.10. The number of aromatic nitrogens is 1. The number of nitrogens with zero attached hydrogens (tertiary/aromatic N) is 2. The SMILES string of the molecule is O=C(Nc1nccs1)C1CCN(C(=O)c2cccc(Br)c2)CC1. The molecule has 0 atom stereocenters. The van der Waals surface area contributed by atoms with Crippen molar-refractivity contribution in [1.29, 1.82) is 0 Å². The minimum atomic E-state index is -0.0644. The predicted octanol–water partition coefficient (Wildman–Crippen LogP) is 3.40. The van der Waals surface area contributed by atoms with Gasteiger partial charge in [0, 0.05) is 40.6 Å². The third-order valence-corrected chi connectivity index (χ3v) is 5.07. The van der Waals surface area contributed by atoms with Crippen molar-refractivity contribution < 1.29 is 9.59 Å². The van der Waals surface area contributed by atoms with Crippen molar-refractivity contribution in [2.75, 3.05) is 18.4 Å². The first kappa shape index (κ1) is 16.1. The Kier molecular flexibility index (Phi) is 5.07. The Morgan fingerprint density at radius 2 is 2.09 bits per heavy atom. The van der Waals surface area contributed by atoms with Crippen LogP contribution in [0.2, 0.25) is 0 Å². The molecule has 0 aliphatic carbocycles. The zero-order chi connectivity index (χ0) is 16.2. The zero-order valence-electron chi connectivity index (χ0n) is 12.4. The molecule has 23 heavy (non-hydrogen) atoms. The Hall–Kier alpha value is -1.73. The first-order valence-corrected chi connectivity index (χ1v) is 9.06. The van der Waals surface area contributed by atoms with Crippen LogP contribution in [-0.4, -0.2) is 34.8 Å². The normalized spacial score (nSPS) is 15.4. The number of nitrogens with one attached hydrogen (secondary N) is 1. The number of amides is 2. The minimum Gasteiger partial charge on any atom is -0.339 e. The van der Waals surface area contributed by atoms with E-state index in [0.717, 1.165) is 4.47 Å². The highest BCUT2D eigenvalue weighted by Gasteiger charge is 2.28. The van der Waals surface area contributed by atoms with Crippen LogP contribution in [0.5, 0.6) is 0 Å². The second-order valence-electron chi connectivity index (χ2n) is 5.40. The number of rotatable bonds is 3. The van der Waals surface area contributed by atoms with Crippen LogP contribution < -0.4 is 5.32 Å². The summed E-state index contributed by atoms with van der Waals surface area (Å²) < 4.78 is 0.890. The number of anilines is 1. The molecule has 1 N–H and O–H groups in total. The number of hydrogen-bond acceptors (Lipinski definition) is 4. The summed E-state index contributed by atoms with van der Waals surface area (Å²) >= 11 is 4.79. The Labute approximate surface area is 146 Å². The van der Waals surface area contributed by atoms with Crippen LogP contribution in [0.25, 0.3) is 0 Å². The van der Waals surface area contributed by atoms with Crippen LogP contribution >= 0.6 is 27.3 Å². The van der Waals surface area contributed by atoms with Crippen molar-refractivity contribution in [2.45, 2.75) is 12.8 Å². The molecule has 2 amide bonds. The molecule has 1 aromatic carbocycles. The molecule has 1 saturated heterocycles. The maximum absolute atomic E-state index is 12.5. The summed E-state index contributed by atoms with van der Waals surface area (Å²) in [5.74, 6) is -0.0509. The van der Waals surface area contributed by atoms with Gasteiger partial charge >= 0.3 is 0 Å². The van der Waals surface area contributed by atoms with Crippen molar-refractivity contribution in [3.05, 3.63) is 45.9 Å². The van der Waals surface area contributed by atoms with Crippen LogP contribution in [0, 0.1) is 5.92 Å². The monoisotopic (exact) mass is 393 g/mol. The van der Waals surface area contributed by atoms with E-state index in [1.165, 1.54) is 11.3 Å². The highest BCUT2D eigenvalue weighted by Crippen LogP contribution is 2.22. The lowest BCUT2D eigenvalue weighted by atomic mass is 9.95. The third kappa shape index (κ3) is 3.97. The first-order chi connectivity index (χ1) is 11.1. The van der Waals surface area contributed by atoms with Gasteiger partial charge in [0.25, 0.3) is 5.91 Å². The molecular weight excluding hydrogens is 378 g/mol. The van der Waals surface area contributed by atoms with E-state index in [0.29, 0.717) is 36.6 Å². The van der Waals surface area contributed by atoms with E-state index < -0.39 is 0 Å². The Balaban J connectivity index is 1.55. The number of hydrogen-bond donors (Lipinski definition) is 1. The number of halogens is 1. The summed E-state index contributed by atoms with van der Waals surface area (Å²) in [5.41, 5.74) is 0.671. The van der Waals surface area contributed by atoms with Crippen LogP contribution in [0.4, 0.5) is 5.13 Å². The van der Waals surface area contributed by atoms with Crippen LogP contribution in [-0.2, 0) is 4.79 Å². The number of carbonyl (C=O) groups excluding carboxylic acids is 2. The van der Waals surface area contributed by atoms with Gasteiger partial charge in [0.2, 0.25) is 5.91 Å². The average Bonchev–Trinajstić information content (AvgIpc) is 3.07. The lowest BCUT2D eigenvalue weighted by Gasteiger charge is -2.31. The Morgan fingerprint density at radius 1 is 1.30 bits per heavy atom. The second-order valence-corrected chi connectivity index (χ2v) is 7.21. The van der Waals surface area contributed by atoms with Crippen molar-refractivity contribution in [2.24, 2.45) is 5.92 Å². The number of likely N-dealkylation sites (tertiary alicyclic amines) is 1. The summed E-state index contributed by atoms with van der Waals surface area (Å²) in [6.07, 6.45) is 3.02. The fourth-order valence-corrected chi connectivity index (χ4v) is 3.57. The van der Waals surface area contributed by atoms with Gasteiger partial charge < -0.3 is 10.2 Å². The third-order valence-electron chi connectivity index (χ3n) is 3.89. The fraction of sp³-hybridized carbons (Fsp3) is 0.312. The van der Waals surface area contributed by atoms with Crippen molar-refractivity contribution >= 4 is 44.2 Å². The highest BCUT2D eigenvalue weighted by atomic mass is 79.9. The van der Waals surface area contributed by atoms with Crippen LogP contribution in [0.1, 0.15) is 23.2 Å². The molecule has 0 bridgehead atoms. The number of piperidine rings is 1. The van der Waals surface area contributed by atoms with E-state index in [1.54, 1.807) is 6.20 Å². The molecular formula is C16H16BrN3O2S. The molecule has 1 aromatic heterocycles. The summed E-state index contributed by atoms with van der Waals surface area (Å²) in [5, 5.41) is 5.29. The van der Waals surface area contributed by atoms with Gasteiger partial charge in [-0.15, -0.1) is 11.3 Å².